The van der Waals surface area contributed by atoms with E-state index in [0.29, 0.717) is 5.02 Å². The number of carbonyl (C=O) groups is 1. The summed E-state index contributed by atoms with van der Waals surface area (Å²) in [5, 5.41) is 8.52. The molecule has 0 spiro atoms. The molecule has 0 aliphatic carbocycles. The first kappa shape index (κ1) is 11.9. The van der Waals surface area contributed by atoms with Crippen molar-refractivity contribution in [3.05, 3.63) is 29.4 Å². The normalized spacial score (nSPS) is 11.1. The summed E-state index contributed by atoms with van der Waals surface area (Å²) in [4.78, 5) is 11.6. The van der Waals surface area contributed by atoms with Gasteiger partial charge in [0.05, 0.1) is 16.7 Å². The molecule has 1 aromatic heterocycles. The van der Waals surface area contributed by atoms with Crippen LogP contribution in [-0.4, -0.2) is 21.7 Å². The Balaban J connectivity index is 2.25. The smallest absolute Gasteiger partial charge is 0.241 e. The standard InChI is InChI=1S/C12H14ClN3O/c1-8(2)15-12(17)7-16-11-5-3-4-10(13)9(11)6-14-16/h3-6,8H,7H2,1-2H3,(H,15,17). The number of fused-ring (bicyclic) bond motifs is 1. The van der Waals surface area contributed by atoms with E-state index in [2.05, 4.69) is 10.4 Å². The first-order valence-corrected chi connectivity index (χ1v) is 5.85. The fraction of sp³-hybridized carbons (Fsp3) is 0.333. The van der Waals surface area contributed by atoms with Crippen LogP contribution in [0.15, 0.2) is 24.4 Å². The molecule has 0 unspecified atom stereocenters. The average Bonchev–Trinajstić information content (AvgIpc) is 2.62. The van der Waals surface area contributed by atoms with Crippen LogP contribution in [0.25, 0.3) is 10.9 Å². The second-order valence-electron chi connectivity index (χ2n) is 4.20. The molecule has 0 atom stereocenters. The lowest BCUT2D eigenvalue weighted by Crippen LogP contribution is -2.33. The van der Waals surface area contributed by atoms with Gasteiger partial charge in [-0.1, -0.05) is 17.7 Å². The molecule has 4 nitrogen and oxygen atoms in total. The van der Waals surface area contributed by atoms with Crippen molar-refractivity contribution >= 4 is 28.4 Å². The Morgan fingerprint density at radius 1 is 1.53 bits per heavy atom. The summed E-state index contributed by atoms with van der Waals surface area (Å²) in [5.74, 6) is -0.0509. The molecule has 5 heteroatoms. The predicted molar refractivity (Wildman–Crippen MR) is 68.0 cm³/mol. The minimum absolute atomic E-state index is 0.0509. The molecule has 2 aromatic rings. The fourth-order valence-corrected chi connectivity index (χ4v) is 1.92. The molecular formula is C12H14ClN3O. The molecule has 1 N–H and O–H groups in total. The van der Waals surface area contributed by atoms with Crippen molar-refractivity contribution in [2.45, 2.75) is 26.4 Å². The van der Waals surface area contributed by atoms with Crippen molar-refractivity contribution < 1.29 is 4.79 Å². The third kappa shape index (κ3) is 2.58. The van der Waals surface area contributed by atoms with E-state index < -0.39 is 0 Å². The van der Waals surface area contributed by atoms with Gasteiger partial charge in [0.25, 0.3) is 0 Å². The molecule has 0 radical (unpaired) electrons. The molecule has 0 aliphatic rings. The summed E-state index contributed by atoms with van der Waals surface area (Å²) in [6.07, 6.45) is 1.68. The van der Waals surface area contributed by atoms with Crippen LogP contribution in [0.3, 0.4) is 0 Å². The Morgan fingerprint density at radius 2 is 2.29 bits per heavy atom. The first-order valence-electron chi connectivity index (χ1n) is 5.47. The number of aromatic nitrogens is 2. The van der Waals surface area contributed by atoms with Gasteiger partial charge in [0.2, 0.25) is 5.91 Å². The Bertz CT molecular complexity index is 548. The molecular weight excluding hydrogens is 238 g/mol. The molecule has 1 heterocycles. The van der Waals surface area contributed by atoms with Crippen LogP contribution in [0.5, 0.6) is 0 Å². The highest BCUT2D eigenvalue weighted by Gasteiger charge is 2.09. The number of hydrogen-bond acceptors (Lipinski definition) is 2. The molecule has 2 rings (SSSR count). The van der Waals surface area contributed by atoms with E-state index in [0.717, 1.165) is 10.9 Å². The van der Waals surface area contributed by atoms with Crippen molar-refractivity contribution in [2.24, 2.45) is 0 Å². The molecule has 17 heavy (non-hydrogen) atoms. The maximum absolute atomic E-state index is 11.6. The summed E-state index contributed by atoms with van der Waals surface area (Å²) in [5.41, 5.74) is 0.872. The van der Waals surface area contributed by atoms with E-state index in [-0.39, 0.29) is 18.5 Å². The van der Waals surface area contributed by atoms with E-state index in [1.807, 2.05) is 32.0 Å². The van der Waals surface area contributed by atoms with E-state index in [9.17, 15) is 4.79 Å². The van der Waals surface area contributed by atoms with Gasteiger partial charge in [0.15, 0.2) is 0 Å². The maximum Gasteiger partial charge on any atom is 0.241 e. The number of hydrogen-bond donors (Lipinski definition) is 1. The lowest BCUT2D eigenvalue weighted by molar-refractivity contribution is -0.122. The Morgan fingerprint density at radius 3 is 3.00 bits per heavy atom. The number of nitrogens with zero attached hydrogens (tertiary/aromatic N) is 2. The molecule has 0 saturated carbocycles. The fourth-order valence-electron chi connectivity index (χ4n) is 1.70. The van der Waals surface area contributed by atoms with Crippen molar-refractivity contribution in [2.75, 3.05) is 0 Å². The third-order valence-electron chi connectivity index (χ3n) is 2.38. The Hall–Kier alpha value is -1.55. The summed E-state index contributed by atoms with van der Waals surface area (Å²) in [6.45, 7) is 4.06. The molecule has 0 fully saturated rings. The van der Waals surface area contributed by atoms with Gasteiger partial charge in [0.1, 0.15) is 6.54 Å². The molecule has 0 saturated heterocycles. The minimum Gasteiger partial charge on any atom is -0.352 e. The van der Waals surface area contributed by atoms with Crippen molar-refractivity contribution in [3.8, 4) is 0 Å². The van der Waals surface area contributed by atoms with E-state index in [1.54, 1.807) is 10.9 Å². The van der Waals surface area contributed by atoms with E-state index in [4.69, 9.17) is 11.6 Å². The third-order valence-corrected chi connectivity index (χ3v) is 2.71. The number of amides is 1. The monoisotopic (exact) mass is 251 g/mol. The zero-order valence-corrected chi connectivity index (χ0v) is 10.5. The molecule has 0 bridgehead atoms. The predicted octanol–water partition coefficient (Wildman–Crippen LogP) is 2.21. The summed E-state index contributed by atoms with van der Waals surface area (Å²) < 4.78 is 1.65. The first-order chi connectivity index (χ1) is 8.08. The van der Waals surface area contributed by atoms with Gasteiger partial charge in [-0.25, -0.2) is 0 Å². The summed E-state index contributed by atoms with van der Waals surface area (Å²) in [7, 11) is 0. The average molecular weight is 252 g/mol. The van der Waals surface area contributed by atoms with Gasteiger partial charge >= 0.3 is 0 Å². The van der Waals surface area contributed by atoms with Crippen LogP contribution in [0.2, 0.25) is 5.02 Å². The van der Waals surface area contributed by atoms with E-state index >= 15 is 0 Å². The van der Waals surface area contributed by atoms with Gasteiger partial charge in [-0.3, -0.25) is 9.48 Å². The summed E-state index contributed by atoms with van der Waals surface area (Å²) in [6, 6.07) is 5.69. The number of rotatable bonds is 3. The molecule has 90 valence electrons. The van der Waals surface area contributed by atoms with Gasteiger partial charge in [-0.2, -0.15) is 5.10 Å². The maximum atomic E-state index is 11.6. The van der Waals surface area contributed by atoms with Crippen LogP contribution in [-0.2, 0) is 11.3 Å². The van der Waals surface area contributed by atoms with Crippen molar-refractivity contribution in [1.29, 1.82) is 0 Å². The zero-order chi connectivity index (χ0) is 12.4. The highest BCUT2D eigenvalue weighted by molar-refractivity contribution is 6.35. The quantitative estimate of drug-likeness (QED) is 0.909. The van der Waals surface area contributed by atoms with E-state index in [1.165, 1.54) is 0 Å². The number of benzene rings is 1. The zero-order valence-electron chi connectivity index (χ0n) is 9.77. The van der Waals surface area contributed by atoms with Crippen LogP contribution >= 0.6 is 11.6 Å². The van der Waals surface area contributed by atoms with Crippen LogP contribution in [0, 0.1) is 0 Å². The lowest BCUT2D eigenvalue weighted by Gasteiger charge is -2.08. The van der Waals surface area contributed by atoms with Crippen molar-refractivity contribution in [3.63, 3.8) is 0 Å². The summed E-state index contributed by atoms with van der Waals surface area (Å²) >= 11 is 6.04. The topological polar surface area (TPSA) is 46.9 Å². The number of halogens is 1. The molecule has 0 aliphatic heterocycles. The SMILES string of the molecule is CC(C)NC(=O)Cn1ncc2c(Cl)cccc21. The van der Waals surface area contributed by atoms with Crippen LogP contribution < -0.4 is 5.32 Å². The second kappa shape index (κ2) is 4.75. The molecule has 1 aromatic carbocycles. The van der Waals surface area contributed by atoms with Gasteiger partial charge in [-0.05, 0) is 26.0 Å². The number of carbonyl (C=O) groups excluding carboxylic acids is 1. The largest absolute Gasteiger partial charge is 0.352 e. The minimum atomic E-state index is -0.0509. The highest BCUT2D eigenvalue weighted by Crippen LogP contribution is 2.22. The van der Waals surface area contributed by atoms with Crippen molar-refractivity contribution in [1.82, 2.24) is 15.1 Å². The van der Waals surface area contributed by atoms with Gasteiger partial charge in [-0.15, -0.1) is 0 Å². The van der Waals surface area contributed by atoms with Gasteiger partial charge in [0, 0.05) is 11.4 Å². The number of nitrogens with one attached hydrogen (secondary N) is 1. The second-order valence-corrected chi connectivity index (χ2v) is 4.60. The van der Waals surface area contributed by atoms with Gasteiger partial charge < -0.3 is 5.32 Å². The lowest BCUT2D eigenvalue weighted by atomic mass is 10.2. The van der Waals surface area contributed by atoms with Crippen LogP contribution in [0.1, 0.15) is 13.8 Å². The Kier molecular flexibility index (Phi) is 3.33. The highest BCUT2D eigenvalue weighted by atomic mass is 35.5. The van der Waals surface area contributed by atoms with Crippen LogP contribution in [0.4, 0.5) is 0 Å². The molecule has 1 amide bonds. The Labute approximate surface area is 105 Å².